The maximum absolute atomic E-state index is 11.6. The molecule has 1 unspecified atom stereocenters. The molecular weight excluding hydrogens is 190 g/mol. The molecule has 0 aromatic rings. The summed E-state index contributed by atoms with van der Waals surface area (Å²) in [5, 5.41) is 3.49. The van der Waals surface area contributed by atoms with Crippen molar-refractivity contribution >= 4 is 5.97 Å². The summed E-state index contributed by atoms with van der Waals surface area (Å²) >= 11 is 0. The van der Waals surface area contributed by atoms with Crippen molar-refractivity contribution in [1.82, 2.24) is 5.32 Å². The first-order valence-electron chi connectivity index (χ1n) is 6.15. The standard InChI is InChI=1S/C12H21NO2/c1-15-12(14)11(9-5-4-6-9)13-10-7-2-3-8-10/h9-11,13H,2-8H2,1H3. The van der Waals surface area contributed by atoms with Gasteiger partial charge in [0.15, 0.2) is 0 Å². The van der Waals surface area contributed by atoms with Gasteiger partial charge in [-0.15, -0.1) is 0 Å². The number of esters is 1. The maximum Gasteiger partial charge on any atom is 0.323 e. The van der Waals surface area contributed by atoms with Crippen LogP contribution in [-0.4, -0.2) is 25.2 Å². The first kappa shape index (κ1) is 10.9. The molecule has 3 heteroatoms. The zero-order valence-corrected chi connectivity index (χ0v) is 9.50. The fourth-order valence-electron chi connectivity index (χ4n) is 2.64. The summed E-state index contributed by atoms with van der Waals surface area (Å²) in [6.07, 6.45) is 8.68. The molecule has 0 amide bonds. The van der Waals surface area contributed by atoms with Gasteiger partial charge in [0.05, 0.1) is 7.11 Å². The molecule has 0 saturated heterocycles. The lowest BCUT2D eigenvalue weighted by molar-refractivity contribution is -0.145. The second-order valence-electron chi connectivity index (χ2n) is 4.84. The highest BCUT2D eigenvalue weighted by molar-refractivity contribution is 5.76. The Bertz CT molecular complexity index is 220. The molecule has 0 aliphatic heterocycles. The molecule has 0 spiro atoms. The molecule has 2 saturated carbocycles. The van der Waals surface area contributed by atoms with Crippen LogP contribution in [0.3, 0.4) is 0 Å². The maximum atomic E-state index is 11.6. The first-order valence-corrected chi connectivity index (χ1v) is 6.15. The van der Waals surface area contributed by atoms with Crippen LogP contribution in [0.15, 0.2) is 0 Å². The average molecular weight is 211 g/mol. The smallest absolute Gasteiger partial charge is 0.323 e. The molecule has 0 heterocycles. The van der Waals surface area contributed by atoms with E-state index in [1.807, 2.05) is 0 Å². The van der Waals surface area contributed by atoms with Gasteiger partial charge in [0.1, 0.15) is 6.04 Å². The fraction of sp³-hybridized carbons (Fsp3) is 0.917. The van der Waals surface area contributed by atoms with Gasteiger partial charge in [0.2, 0.25) is 0 Å². The van der Waals surface area contributed by atoms with Gasteiger partial charge in [-0.2, -0.15) is 0 Å². The highest BCUT2D eigenvalue weighted by Gasteiger charge is 2.35. The third-order valence-corrected chi connectivity index (χ3v) is 3.85. The molecular formula is C12H21NO2. The number of carbonyl (C=O) groups excluding carboxylic acids is 1. The molecule has 0 aromatic carbocycles. The third kappa shape index (κ3) is 2.51. The fourth-order valence-corrected chi connectivity index (χ4v) is 2.64. The first-order chi connectivity index (χ1) is 7.31. The summed E-state index contributed by atoms with van der Waals surface area (Å²) in [5.41, 5.74) is 0. The molecule has 2 aliphatic rings. The highest BCUT2D eigenvalue weighted by atomic mass is 16.5. The van der Waals surface area contributed by atoms with Crippen LogP contribution < -0.4 is 5.32 Å². The summed E-state index contributed by atoms with van der Waals surface area (Å²) in [6, 6.07) is 0.515. The largest absolute Gasteiger partial charge is 0.468 e. The van der Waals surface area contributed by atoms with Gasteiger partial charge < -0.3 is 10.1 Å². The van der Waals surface area contributed by atoms with Gasteiger partial charge in [0.25, 0.3) is 0 Å². The van der Waals surface area contributed by atoms with E-state index in [9.17, 15) is 4.79 Å². The Balaban J connectivity index is 1.88. The van der Waals surface area contributed by atoms with Crippen molar-refractivity contribution in [2.45, 2.75) is 57.0 Å². The van der Waals surface area contributed by atoms with E-state index in [0.717, 1.165) is 0 Å². The number of methoxy groups -OCH3 is 1. The molecule has 0 aromatic heterocycles. The number of carbonyl (C=O) groups is 1. The molecule has 2 rings (SSSR count). The second kappa shape index (κ2) is 4.97. The van der Waals surface area contributed by atoms with Crippen molar-refractivity contribution in [2.75, 3.05) is 7.11 Å². The number of hydrogen-bond donors (Lipinski definition) is 1. The topological polar surface area (TPSA) is 38.3 Å². The lowest BCUT2D eigenvalue weighted by Gasteiger charge is -2.34. The van der Waals surface area contributed by atoms with Crippen molar-refractivity contribution in [2.24, 2.45) is 5.92 Å². The predicted octanol–water partition coefficient (Wildman–Crippen LogP) is 1.86. The minimum Gasteiger partial charge on any atom is -0.468 e. The lowest BCUT2D eigenvalue weighted by Crippen LogP contribution is -2.49. The minimum atomic E-state index is -0.0633. The minimum absolute atomic E-state index is 0.0353. The quantitative estimate of drug-likeness (QED) is 0.721. The Labute approximate surface area is 91.6 Å². The van der Waals surface area contributed by atoms with Crippen molar-refractivity contribution in [3.63, 3.8) is 0 Å². The van der Waals surface area contributed by atoms with Crippen LogP contribution in [0.4, 0.5) is 0 Å². The van der Waals surface area contributed by atoms with E-state index in [2.05, 4.69) is 5.32 Å². The van der Waals surface area contributed by atoms with Gasteiger partial charge in [-0.25, -0.2) is 0 Å². The molecule has 1 atom stereocenters. The lowest BCUT2D eigenvalue weighted by atomic mass is 9.79. The van der Waals surface area contributed by atoms with Gasteiger partial charge in [-0.05, 0) is 31.6 Å². The van der Waals surface area contributed by atoms with Crippen LogP contribution in [0.25, 0.3) is 0 Å². The number of rotatable bonds is 4. The van der Waals surface area contributed by atoms with E-state index < -0.39 is 0 Å². The summed E-state index contributed by atoms with van der Waals surface area (Å²) < 4.78 is 4.88. The van der Waals surface area contributed by atoms with Crippen molar-refractivity contribution < 1.29 is 9.53 Å². The van der Waals surface area contributed by atoms with E-state index in [1.54, 1.807) is 0 Å². The van der Waals surface area contributed by atoms with Crippen LogP contribution in [0.5, 0.6) is 0 Å². The molecule has 0 bridgehead atoms. The second-order valence-corrected chi connectivity index (χ2v) is 4.84. The Morgan fingerprint density at radius 3 is 2.33 bits per heavy atom. The van der Waals surface area contributed by atoms with E-state index >= 15 is 0 Å². The summed E-state index contributed by atoms with van der Waals surface area (Å²) in [4.78, 5) is 11.6. The molecule has 15 heavy (non-hydrogen) atoms. The number of nitrogens with one attached hydrogen (secondary N) is 1. The normalized spacial score (nSPS) is 24.9. The molecule has 3 nitrogen and oxygen atoms in total. The van der Waals surface area contributed by atoms with Crippen LogP contribution in [0.1, 0.15) is 44.9 Å². The Morgan fingerprint density at radius 2 is 1.87 bits per heavy atom. The zero-order valence-electron chi connectivity index (χ0n) is 9.50. The van der Waals surface area contributed by atoms with Crippen LogP contribution in [0.2, 0.25) is 0 Å². The van der Waals surface area contributed by atoms with Crippen LogP contribution in [-0.2, 0) is 9.53 Å². The number of hydrogen-bond acceptors (Lipinski definition) is 3. The predicted molar refractivity (Wildman–Crippen MR) is 58.5 cm³/mol. The van der Waals surface area contributed by atoms with Crippen molar-refractivity contribution in [3.05, 3.63) is 0 Å². The van der Waals surface area contributed by atoms with Crippen molar-refractivity contribution in [1.29, 1.82) is 0 Å². The van der Waals surface area contributed by atoms with Crippen molar-refractivity contribution in [3.8, 4) is 0 Å². The van der Waals surface area contributed by atoms with Gasteiger partial charge in [-0.3, -0.25) is 4.79 Å². The molecule has 1 N–H and O–H groups in total. The summed E-state index contributed by atoms with van der Waals surface area (Å²) in [7, 11) is 1.49. The van der Waals surface area contributed by atoms with Crippen LogP contribution >= 0.6 is 0 Å². The van der Waals surface area contributed by atoms with Crippen LogP contribution in [0, 0.1) is 5.92 Å². The van der Waals surface area contributed by atoms with E-state index in [-0.39, 0.29) is 12.0 Å². The Hall–Kier alpha value is -0.570. The molecule has 0 radical (unpaired) electrons. The van der Waals surface area contributed by atoms with E-state index in [1.165, 1.54) is 52.1 Å². The zero-order chi connectivity index (χ0) is 10.7. The Morgan fingerprint density at radius 1 is 1.20 bits per heavy atom. The highest BCUT2D eigenvalue weighted by Crippen LogP contribution is 2.31. The van der Waals surface area contributed by atoms with Gasteiger partial charge in [0, 0.05) is 6.04 Å². The average Bonchev–Trinajstić information content (AvgIpc) is 2.65. The van der Waals surface area contributed by atoms with Gasteiger partial charge >= 0.3 is 5.97 Å². The van der Waals surface area contributed by atoms with Gasteiger partial charge in [-0.1, -0.05) is 19.3 Å². The molecule has 2 fully saturated rings. The SMILES string of the molecule is COC(=O)C(NC1CCCC1)C1CCC1. The molecule has 2 aliphatic carbocycles. The summed E-state index contributed by atoms with van der Waals surface area (Å²) in [6.45, 7) is 0. The van der Waals surface area contributed by atoms with E-state index in [4.69, 9.17) is 4.74 Å². The van der Waals surface area contributed by atoms with E-state index in [0.29, 0.717) is 12.0 Å². The summed E-state index contributed by atoms with van der Waals surface area (Å²) in [5.74, 6) is 0.463. The monoisotopic (exact) mass is 211 g/mol. The number of ether oxygens (including phenoxy) is 1. The third-order valence-electron chi connectivity index (χ3n) is 3.85. The molecule has 86 valence electrons. The Kier molecular flexibility index (Phi) is 3.62.